The Labute approximate surface area is 568 Å². The number of allylic oxidation sites excluding steroid dienone is 23. The molecule has 0 radical (unpaired) electrons. The third-order valence-corrected chi connectivity index (χ3v) is 16.7. The van der Waals surface area contributed by atoms with Crippen LogP contribution in [0.3, 0.4) is 0 Å². The van der Waals surface area contributed by atoms with Crippen LogP contribution < -0.4 is 5.32 Å². The molecule has 530 valence electrons. The molecule has 1 heterocycles. The fraction of sp³-hybridized carbons (Fsp3) is 0.683. The van der Waals surface area contributed by atoms with Crippen LogP contribution in [0.4, 0.5) is 0 Å². The SMILES string of the molecule is CC/C=C\C/C=C\C/C=C\C/C=C\C/C=C\C/C=C\CCCCCCCCCC(O)C(=O)NC(COC1OC(CO)C(O)C(O)C1OC(=O)CCCCCCCCCCC/C=C\C/C=C\C/C=C\C/C=C\C/C=C\CC)C(O)/C=C/CCCCCCCCCCCCC. The predicted molar refractivity (Wildman–Crippen MR) is 393 cm³/mol. The number of rotatable bonds is 63. The average molecular weight is 1300 g/mol. The number of hydrogen-bond acceptors (Lipinski definition) is 10. The number of hydrogen-bond donors (Lipinski definition) is 6. The van der Waals surface area contributed by atoms with Crippen molar-refractivity contribution in [2.45, 2.75) is 346 Å². The minimum atomic E-state index is -1.63. The average Bonchev–Trinajstić information content (AvgIpc) is 0.910. The summed E-state index contributed by atoms with van der Waals surface area (Å²) in [6, 6.07) is -1.04. The lowest BCUT2D eigenvalue weighted by Gasteiger charge is -2.41. The van der Waals surface area contributed by atoms with Gasteiger partial charge < -0.3 is 45.1 Å². The van der Waals surface area contributed by atoms with Gasteiger partial charge in [0.25, 0.3) is 0 Å². The van der Waals surface area contributed by atoms with Gasteiger partial charge in [-0.1, -0.05) is 314 Å². The second-order valence-corrected chi connectivity index (χ2v) is 25.3. The maximum atomic E-state index is 13.5. The Bertz CT molecular complexity index is 2080. The number of esters is 1. The number of amides is 1. The predicted octanol–water partition coefficient (Wildman–Crippen LogP) is 20.1. The van der Waals surface area contributed by atoms with Gasteiger partial charge in [-0.15, -0.1) is 0 Å². The van der Waals surface area contributed by atoms with Crippen LogP contribution in [-0.2, 0) is 23.8 Å². The molecular formula is C82H137NO10. The molecule has 1 aliphatic rings. The quantitative estimate of drug-likeness (QED) is 0.0195. The van der Waals surface area contributed by atoms with E-state index in [9.17, 15) is 35.1 Å². The van der Waals surface area contributed by atoms with Gasteiger partial charge in [-0.3, -0.25) is 9.59 Å². The molecule has 0 aliphatic carbocycles. The summed E-state index contributed by atoms with van der Waals surface area (Å²) >= 11 is 0. The van der Waals surface area contributed by atoms with E-state index in [1.807, 2.05) is 6.08 Å². The topological polar surface area (TPSA) is 175 Å². The Hall–Kier alpha value is -4.46. The van der Waals surface area contributed by atoms with Crippen molar-refractivity contribution in [3.63, 3.8) is 0 Å². The maximum absolute atomic E-state index is 13.5. The number of carbonyl (C=O) groups excluding carboxylic acids is 2. The van der Waals surface area contributed by atoms with Crippen LogP contribution >= 0.6 is 0 Å². The zero-order chi connectivity index (χ0) is 67.4. The molecule has 1 rings (SSSR count). The van der Waals surface area contributed by atoms with E-state index in [0.717, 1.165) is 161 Å². The molecule has 0 aromatic rings. The van der Waals surface area contributed by atoms with Gasteiger partial charge in [-0.25, -0.2) is 0 Å². The monoisotopic (exact) mass is 1300 g/mol. The van der Waals surface area contributed by atoms with Crippen LogP contribution in [0.2, 0.25) is 0 Å². The van der Waals surface area contributed by atoms with Gasteiger partial charge in [0.15, 0.2) is 12.4 Å². The molecule has 11 heteroatoms. The van der Waals surface area contributed by atoms with Crippen molar-refractivity contribution >= 4 is 11.9 Å². The van der Waals surface area contributed by atoms with Crippen molar-refractivity contribution < 1.29 is 49.3 Å². The minimum Gasteiger partial charge on any atom is -0.454 e. The highest BCUT2D eigenvalue weighted by Gasteiger charge is 2.47. The summed E-state index contributed by atoms with van der Waals surface area (Å²) in [6.07, 6.45) is 87.3. The smallest absolute Gasteiger partial charge is 0.306 e. The zero-order valence-corrected chi connectivity index (χ0v) is 59.1. The van der Waals surface area contributed by atoms with Crippen LogP contribution in [0.15, 0.2) is 146 Å². The minimum absolute atomic E-state index is 0.107. The Kier molecular flexibility index (Phi) is 62.8. The molecule has 0 spiro atoms. The molecule has 0 aromatic heterocycles. The Morgan fingerprint density at radius 2 is 0.774 bits per heavy atom. The highest BCUT2D eigenvalue weighted by molar-refractivity contribution is 5.80. The van der Waals surface area contributed by atoms with E-state index >= 15 is 0 Å². The molecule has 1 saturated heterocycles. The summed E-state index contributed by atoms with van der Waals surface area (Å²) in [5.74, 6) is -1.21. The lowest BCUT2D eigenvalue weighted by molar-refractivity contribution is -0.305. The number of aliphatic hydroxyl groups is 5. The molecule has 0 bridgehead atoms. The second-order valence-electron chi connectivity index (χ2n) is 25.3. The summed E-state index contributed by atoms with van der Waals surface area (Å²) in [5.41, 5.74) is 0. The largest absolute Gasteiger partial charge is 0.454 e. The number of nitrogens with one attached hydrogen (secondary N) is 1. The normalized spacial score (nSPS) is 18.7. The maximum Gasteiger partial charge on any atom is 0.306 e. The van der Waals surface area contributed by atoms with Crippen LogP contribution in [0.5, 0.6) is 0 Å². The number of ether oxygens (including phenoxy) is 3. The van der Waals surface area contributed by atoms with Crippen molar-refractivity contribution in [2.24, 2.45) is 0 Å². The molecule has 6 N–H and O–H groups in total. The first-order chi connectivity index (χ1) is 45.7. The standard InChI is InChI=1S/C82H137NO10/c1-4-7-10-13-16-19-22-25-27-29-31-33-35-37-39-40-42-44-46-48-51-54-57-60-63-66-69-75(86)81(90)83-73(74(85)68-65-62-59-56-53-50-24-21-18-15-12-9-6-3)72-91-82-80(79(89)78(88)76(71-84)92-82)93-77(87)70-67-64-61-58-55-52-49-47-45-43-41-38-36-34-32-30-28-26-23-20-17-14-11-8-5-2/h7-8,10-11,16-17,19-20,25-28,31-34,37-39,41-42,44,65,68,73-76,78-80,82,84-86,88-89H,4-6,9,12-15,18,21-24,29-30,35-36,40,43,45-64,66-67,69-72H2,1-3H3,(H,83,90)/b10-7-,11-8-,19-16-,20-17-,27-25-,28-26-,33-31-,34-32-,39-37-,41-38-,44-42-,68-65+. The third-order valence-electron chi connectivity index (χ3n) is 16.7. The third kappa shape index (κ3) is 54.4. The summed E-state index contributed by atoms with van der Waals surface area (Å²) in [7, 11) is 0. The van der Waals surface area contributed by atoms with Crippen LogP contribution in [0.1, 0.15) is 297 Å². The van der Waals surface area contributed by atoms with Gasteiger partial charge in [-0.2, -0.15) is 0 Å². The van der Waals surface area contributed by atoms with E-state index < -0.39 is 67.4 Å². The Balaban J connectivity index is 2.58. The van der Waals surface area contributed by atoms with Crippen molar-refractivity contribution in [3.8, 4) is 0 Å². The van der Waals surface area contributed by atoms with Gasteiger partial charge >= 0.3 is 5.97 Å². The highest BCUT2D eigenvalue weighted by atomic mass is 16.7. The molecule has 1 aliphatic heterocycles. The number of aliphatic hydroxyl groups excluding tert-OH is 5. The molecule has 0 saturated carbocycles. The van der Waals surface area contributed by atoms with Crippen molar-refractivity contribution in [1.29, 1.82) is 0 Å². The van der Waals surface area contributed by atoms with Gasteiger partial charge in [0.2, 0.25) is 5.91 Å². The van der Waals surface area contributed by atoms with Gasteiger partial charge in [0.1, 0.15) is 24.4 Å². The number of carbonyl (C=O) groups is 2. The fourth-order valence-electron chi connectivity index (χ4n) is 10.9. The van der Waals surface area contributed by atoms with Crippen LogP contribution in [0.25, 0.3) is 0 Å². The molecule has 93 heavy (non-hydrogen) atoms. The highest BCUT2D eigenvalue weighted by Crippen LogP contribution is 2.26. The molecule has 11 nitrogen and oxygen atoms in total. The number of unbranched alkanes of at least 4 members (excludes halogenated alkanes) is 27. The summed E-state index contributed by atoms with van der Waals surface area (Å²) in [6.45, 7) is 5.58. The zero-order valence-electron chi connectivity index (χ0n) is 59.1. The Morgan fingerprint density at radius 3 is 1.16 bits per heavy atom. The van der Waals surface area contributed by atoms with E-state index in [1.165, 1.54) is 89.9 Å². The lowest BCUT2D eigenvalue weighted by atomic mass is 9.99. The first kappa shape index (κ1) is 86.6. The lowest BCUT2D eigenvalue weighted by Crippen LogP contribution is -2.61. The molecule has 8 atom stereocenters. The molecule has 8 unspecified atom stereocenters. The summed E-state index contributed by atoms with van der Waals surface area (Å²) in [5, 5.41) is 57.4. The van der Waals surface area contributed by atoms with E-state index in [2.05, 4.69) is 160 Å². The molecular weight excluding hydrogens is 1160 g/mol. The Morgan fingerprint density at radius 1 is 0.430 bits per heavy atom. The summed E-state index contributed by atoms with van der Waals surface area (Å²) in [4.78, 5) is 26.8. The second kappa shape index (κ2) is 67.5. The van der Waals surface area contributed by atoms with Crippen molar-refractivity contribution in [3.05, 3.63) is 146 Å². The van der Waals surface area contributed by atoms with E-state index in [-0.39, 0.29) is 19.4 Å². The van der Waals surface area contributed by atoms with Crippen LogP contribution in [-0.4, -0.2) is 99.6 Å². The van der Waals surface area contributed by atoms with Gasteiger partial charge in [0, 0.05) is 6.42 Å². The van der Waals surface area contributed by atoms with Crippen molar-refractivity contribution in [2.75, 3.05) is 13.2 Å². The van der Waals surface area contributed by atoms with Gasteiger partial charge in [0.05, 0.1) is 25.4 Å². The molecule has 1 amide bonds. The fourth-order valence-corrected chi connectivity index (χ4v) is 10.9. The van der Waals surface area contributed by atoms with E-state index in [4.69, 9.17) is 14.2 Å². The van der Waals surface area contributed by atoms with Crippen molar-refractivity contribution in [1.82, 2.24) is 5.32 Å². The van der Waals surface area contributed by atoms with E-state index in [1.54, 1.807) is 6.08 Å². The van der Waals surface area contributed by atoms with Gasteiger partial charge in [-0.05, 0) is 122 Å². The summed E-state index contributed by atoms with van der Waals surface area (Å²) < 4.78 is 17.7. The molecule has 1 fully saturated rings. The first-order valence-electron chi connectivity index (χ1n) is 37.6. The van der Waals surface area contributed by atoms with E-state index in [0.29, 0.717) is 12.8 Å². The van der Waals surface area contributed by atoms with Crippen LogP contribution in [0, 0.1) is 0 Å². The first-order valence-corrected chi connectivity index (χ1v) is 37.6. The molecule has 0 aromatic carbocycles.